The minimum atomic E-state index is 0.547. The molecule has 0 unspecified atom stereocenters. The highest BCUT2D eigenvalue weighted by Crippen LogP contribution is 2.26. The van der Waals surface area contributed by atoms with Gasteiger partial charge in [-0.2, -0.15) is 5.10 Å². The Labute approximate surface area is 153 Å². The molecule has 3 aromatic rings. The topological polar surface area (TPSA) is 46.5 Å². The van der Waals surface area contributed by atoms with Crippen molar-refractivity contribution in [3.8, 4) is 17.0 Å². The van der Waals surface area contributed by atoms with Gasteiger partial charge in [0.05, 0.1) is 24.0 Å². The van der Waals surface area contributed by atoms with Gasteiger partial charge in [-0.15, -0.1) is 11.3 Å². The van der Waals surface area contributed by atoms with E-state index in [1.807, 2.05) is 29.6 Å². The third-order valence-electron chi connectivity index (χ3n) is 3.22. The molecule has 0 spiro atoms. The first-order valence-electron chi connectivity index (χ1n) is 7.00. The smallest absolute Gasteiger partial charge is 0.203 e. The molecule has 0 saturated carbocycles. The molecule has 0 aliphatic heterocycles. The molecule has 0 saturated heterocycles. The highest BCUT2D eigenvalue weighted by molar-refractivity contribution is 7.14. The number of hydrogen-bond acceptors (Lipinski definition) is 5. The summed E-state index contributed by atoms with van der Waals surface area (Å²) in [6.45, 7) is 0. The molecule has 3 rings (SSSR count). The average Bonchev–Trinajstić information content (AvgIpc) is 3.06. The number of aromatic nitrogens is 1. The molecule has 1 heterocycles. The molecule has 0 fully saturated rings. The van der Waals surface area contributed by atoms with E-state index in [9.17, 15) is 0 Å². The Kier molecular flexibility index (Phi) is 5.35. The van der Waals surface area contributed by atoms with Crippen LogP contribution in [0.4, 0.5) is 5.13 Å². The Hall–Kier alpha value is -2.08. The number of benzene rings is 2. The van der Waals surface area contributed by atoms with Crippen LogP contribution in [0.15, 0.2) is 52.9 Å². The summed E-state index contributed by atoms with van der Waals surface area (Å²) in [5, 5.41) is 7.96. The number of anilines is 1. The van der Waals surface area contributed by atoms with Gasteiger partial charge in [-0.05, 0) is 36.4 Å². The zero-order valence-corrected chi connectivity index (χ0v) is 15.0. The summed E-state index contributed by atoms with van der Waals surface area (Å²) in [4.78, 5) is 4.50. The van der Waals surface area contributed by atoms with Crippen LogP contribution in [-0.4, -0.2) is 18.3 Å². The number of hydrogen-bond donors (Lipinski definition) is 1. The second-order valence-electron chi connectivity index (χ2n) is 4.80. The average molecular weight is 378 g/mol. The van der Waals surface area contributed by atoms with E-state index in [0.717, 1.165) is 22.6 Å². The van der Waals surface area contributed by atoms with E-state index < -0.39 is 0 Å². The van der Waals surface area contributed by atoms with Crippen molar-refractivity contribution in [1.29, 1.82) is 0 Å². The fourth-order valence-corrected chi connectivity index (χ4v) is 3.11. The fourth-order valence-electron chi connectivity index (χ4n) is 1.98. The zero-order chi connectivity index (χ0) is 16.9. The van der Waals surface area contributed by atoms with E-state index in [2.05, 4.69) is 15.5 Å². The predicted molar refractivity (Wildman–Crippen MR) is 102 cm³/mol. The molecule has 1 aromatic heterocycles. The maximum absolute atomic E-state index is 6.09. The second kappa shape index (κ2) is 7.66. The van der Waals surface area contributed by atoms with Crippen LogP contribution in [0.1, 0.15) is 5.56 Å². The first-order valence-corrected chi connectivity index (χ1v) is 8.63. The van der Waals surface area contributed by atoms with Gasteiger partial charge in [-0.25, -0.2) is 4.98 Å². The molecule has 122 valence electrons. The molecule has 1 N–H and O–H groups in total. The third-order valence-corrected chi connectivity index (χ3v) is 4.53. The zero-order valence-electron chi connectivity index (χ0n) is 12.7. The maximum Gasteiger partial charge on any atom is 0.203 e. The van der Waals surface area contributed by atoms with Crippen LogP contribution < -0.4 is 10.2 Å². The van der Waals surface area contributed by atoms with Crippen molar-refractivity contribution in [2.24, 2.45) is 5.10 Å². The second-order valence-corrected chi connectivity index (χ2v) is 6.50. The molecule has 0 atom stereocenters. The molecule has 24 heavy (non-hydrogen) atoms. The lowest BCUT2D eigenvalue weighted by molar-refractivity contribution is 0.415. The Morgan fingerprint density at radius 1 is 1.17 bits per heavy atom. The van der Waals surface area contributed by atoms with Gasteiger partial charge in [-0.1, -0.05) is 29.3 Å². The number of thiazole rings is 1. The number of halogens is 2. The summed E-state index contributed by atoms with van der Waals surface area (Å²) in [7, 11) is 1.64. The summed E-state index contributed by atoms with van der Waals surface area (Å²) in [6, 6.07) is 13.0. The highest BCUT2D eigenvalue weighted by atomic mass is 35.5. The van der Waals surface area contributed by atoms with Crippen molar-refractivity contribution in [3.05, 3.63) is 63.5 Å². The van der Waals surface area contributed by atoms with Gasteiger partial charge in [-0.3, -0.25) is 5.43 Å². The first kappa shape index (κ1) is 16.8. The van der Waals surface area contributed by atoms with E-state index in [1.54, 1.807) is 31.5 Å². The van der Waals surface area contributed by atoms with Gasteiger partial charge < -0.3 is 4.74 Å². The first-order chi connectivity index (χ1) is 11.7. The fraction of sp³-hybridized carbons (Fsp3) is 0.0588. The lowest BCUT2D eigenvalue weighted by atomic mass is 10.2. The standard InChI is InChI=1S/C17H13Cl2N3OS/c1-23-14-6-3-11(4-7-14)16-10-24-17(21-16)22-20-9-12-2-5-13(18)8-15(12)19/h2-10H,1H3,(H,21,22)/b20-9-. The van der Waals surface area contributed by atoms with Crippen molar-refractivity contribution in [2.45, 2.75) is 0 Å². The number of ether oxygens (including phenoxy) is 1. The molecule has 0 aliphatic rings. The molecular formula is C17H13Cl2N3OS. The number of rotatable bonds is 5. The van der Waals surface area contributed by atoms with Gasteiger partial charge in [0.2, 0.25) is 5.13 Å². The maximum atomic E-state index is 6.09. The Morgan fingerprint density at radius 2 is 1.96 bits per heavy atom. The van der Waals surface area contributed by atoms with E-state index in [-0.39, 0.29) is 0 Å². The molecule has 0 amide bonds. The van der Waals surface area contributed by atoms with Crippen molar-refractivity contribution < 1.29 is 4.74 Å². The molecule has 0 radical (unpaired) electrons. The van der Waals surface area contributed by atoms with Crippen molar-refractivity contribution in [3.63, 3.8) is 0 Å². The van der Waals surface area contributed by atoms with E-state index in [4.69, 9.17) is 27.9 Å². The molecule has 4 nitrogen and oxygen atoms in total. The molecule has 0 bridgehead atoms. The third kappa shape index (κ3) is 4.06. The van der Waals surface area contributed by atoms with Crippen LogP contribution >= 0.6 is 34.5 Å². The quantitative estimate of drug-likeness (QED) is 0.466. The molecule has 0 aliphatic carbocycles. The van der Waals surface area contributed by atoms with Crippen LogP contribution in [-0.2, 0) is 0 Å². The summed E-state index contributed by atoms with van der Waals surface area (Å²) >= 11 is 13.4. The highest BCUT2D eigenvalue weighted by Gasteiger charge is 2.04. The van der Waals surface area contributed by atoms with Crippen LogP contribution in [0.25, 0.3) is 11.3 Å². The Balaban J connectivity index is 1.68. The number of nitrogens with zero attached hydrogens (tertiary/aromatic N) is 2. The van der Waals surface area contributed by atoms with E-state index in [1.165, 1.54) is 11.3 Å². The summed E-state index contributed by atoms with van der Waals surface area (Å²) in [5.74, 6) is 0.816. The van der Waals surface area contributed by atoms with Crippen molar-refractivity contribution in [2.75, 3.05) is 12.5 Å². The van der Waals surface area contributed by atoms with Crippen molar-refractivity contribution in [1.82, 2.24) is 4.98 Å². The Morgan fingerprint density at radius 3 is 2.67 bits per heavy atom. The lowest BCUT2D eigenvalue weighted by Gasteiger charge is -2.00. The minimum Gasteiger partial charge on any atom is -0.497 e. The molecule has 2 aromatic carbocycles. The monoisotopic (exact) mass is 377 g/mol. The van der Waals surface area contributed by atoms with E-state index >= 15 is 0 Å². The SMILES string of the molecule is COc1ccc(-c2csc(N/N=C\c3ccc(Cl)cc3Cl)n2)cc1. The summed E-state index contributed by atoms with van der Waals surface area (Å²) in [5.41, 5.74) is 5.58. The molecular weight excluding hydrogens is 365 g/mol. The van der Waals surface area contributed by atoms with E-state index in [0.29, 0.717) is 15.2 Å². The number of nitrogens with one attached hydrogen (secondary N) is 1. The number of hydrazone groups is 1. The van der Waals surface area contributed by atoms with Crippen molar-refractivity contribution >= 4 is 45.9 Å². The van der Waals surface area contributed by atoms with Gasteiger partial charge in [0, 0.05) is 21.5 Å². The normalized spacial score (nSPS) is 11.0. The number of methoxy groups -OCH3 is 1. The molecule has 7 heteroatoms. The largest absolute Gasteiger partial charge is 0.497 e. The Bertz CT molecular complexity index is 863. The van der Waals surface area contributed by atoms with Gasteiger partial charge in [0.15, 0.2) is 0 Å². The van der Waals surface area contributed by atoms with Crippen LogP contribution in [0.2, 0.25) is 10.0 Å². The van der Waals surface area contributed by atoms with Crippen LogP contribution in [0.5, 0.6) is 5.75 Å². The predicted octanol–water partition coefficient (Wildman–Crippen LogP) is 5.57. The summed E-state index contributed by atoms with van der Waals surface area (Å²) < 4.78 is 5.15. The summed E-state index contributed by atoms with van der Waals surface area (Å²) in [6.07, 6.45) is 1.63. The minimum absolute atomic E-state index is 0.547. The van der Waals surface area contributed by atoms with Crippen LogP contribution in [0, 0.1) is 0 Å². The van der Waals surface area contributed by atoms with Gasteiger partial charge >= 0.3 is 0 Å². The van der Waals surface area contributed by atoms with Crippen LogP contribution in [0.3, 0.4) is 0 Å². The van der Waals surface area contributed by atoms with Gasteiger partial charge in [0.1, 0.15) is 5.75 Å². The van der Waals surface area contributed by atoms with Gasteiger partial charge in [0.25, 0.3) is 0 Å². The lowest BCUT2D eigenvalue weighted by Crippen LogP contribution is -1.91.